The van der Waals surface area contributed by atoms with Crippen molar-refractivity contribution < 1.29 is 9.53 Å². The summed E-state index contributed by atoms with van der Waals surface area (Å²) < 4.78 is 5.74. The standard InChI is InChI=1S/C19H26N2O2/c1-4-10-21-11-8-17(9-12-21)19(22)20-16(3)14-23-18-7-5-6-15(2)13-18/h1,5-7,13,16-17H,8-12,14H2,2-3H3,(H,20,22)/t16-/m1/s1. The highest BCUT2D eigenvalue weighted by molar-refractivity contribution is 5.79. The third-order valence-corrected chi connectivity index (χ3v) is 4.15. The summed E-state index contributed by atoms with van der Waals surface area (Å²) in [6, 6.07) is 7.92. The van der Waals surface area contributed by atoms with Crippen molar-refractivity contribution >= 4 is 5.91 Å². The molecule has 1 aromatic carbocycles. The van der Waals surface area contributed by atoms with Crippen molar-refractivity contribution in [2.24, 2.45) is 5.92 Å². The van der Waals surface area contributed by atoms with Crippen molar-refractivity contribution in [3.63, 3.8) is 0 Å². The Morgan fingerprint density at radius 2 is 2.22 bits per heavy atom. The third kappa shape index (κ3) is 5.61. The Hall–Kier alpha value is -1.99. The smallest absolute Gasteiger partial charge is 0.223 e. The number of ether oxygens (including phenoxy) is 1. The number of hydrogen-bond donors (Lipinski definition) is 1. The lowest BCUT2D eigenvalue weighted by Gasteiger charge is -2.30. The molecule has 1 aromatic rings. The topological polar surface area (TPSA) is 41.6 Å². The van der Waals surface area contributed by atoms with Crippen molar-refractivity contribution in [1.29, 1.82) is 0 Å². The Balaban J connectivity index is 1.72. The van der Waals surface area contributed by atoms with Gasteiger partial charge in [-0.25, -0.2) is 0 Å². The van der Waals surface area contributed by atoms with Gasteiger partial charge in [-0.2, -0.15) is 0 Å². The first-order valence-electron chi connectivity index (χ1n) is 8.24. The molecular formula is C19H26N2O2. The molecule has 1 amide bonds. The van der Waals surface area contributed by atoms with Crippen LogP contribution >= 0.6 is 0 Å². The molecule has 1 N–H and O–H groups in total. The molecule has 2 rings (SSSR count). The zero-order chi connectivity index (χ0) is 16.7. The van der Waals surface area contributed by atoms with Crippen LogP contribution in [0.1, 0.15) is 25.3 Å². The number of carbonyl (C=O) groups excluding carboxylic acids is 1. The minimum Gasteiger partial charge on any atom is -0.491 e. The normalized spacial score (nSPS) is 17.3. The molecule has 0 aliphatic carbocycles. The Bertz CT molecular complexity index is 557. The average Bonchev–Trinajstić information content (AvgIpc) is 2.54. The summed E-state index contributed by atoms with van der Waals surface area (Å²) in [5, 5.41) is 3.06. The molecule has 1 atom stereocenters. The van der Waals surface area contributed by atoms with E-state index in [9.17, 15) is 4.79 Å². The van der Waals surface area contributed by atoms with Crippen LogP contribution in [-0.4, -0.2) is 43.1 Å². The molecule has 124 valence electrons. The van der Waals surface area contributed by atoms with Gasteiger partial charge in [-0.05, 0) is 57.5 Å². The molecule has 1 saturated heterocycles. The Kier molecular flexibility index (Phi) is 6.49. The number of rotatable bonds is 6. The van der Waals surface area contributed by atoms with E-state index in [2.05, 4.69) is 16.1 Å². The van der Waals surface area contributed by atoms with Crippen LogP contribution in [0.25, 0.3) is 0 Å². The van der Waals surface area contributed by atoms with Gasteiger partial charge in [0.1, 0.15) is 12.4 Å². The minimum atomic E-state index is -0.00764. The molecule has 4 heteroatoms. The molecule has 1 fully saturated rings. The second-order valence-electron chi connectivity index (χ2n) is 6.29. The van der Waals surface area contributed by atoms with Gasteiger partial charge in [0.15, 0.2) is 0 Å². The van der Waals surface area contributed by atoms with Gasteiger partial charge in [0.25, 0.3) is 0 Å². The maximum absolute atomic E-state index is 12.3. The molecule has 4 nitrogen and oxygen atoms in total. The van der Waals surface area contributed by atoms with Crippen molar-refractivity contribution in [3.05, 3.63) is 29.8 Å². The molecule has 0 bridgehead atoms. The highest BCUT2D eigenvalue weighted by atomic mass is 16.5. The molecule has 0 aromatic heterocycles. The molecule has 0 spiro atoms. The largest absolute Gasteiger partial charge is 0.491 e. The van der Waals surface area contributed by atoms with Crippen LogP contribution in [0, 0.1) is 25.2 Å². The lowest BCUT2D eigenvalue weighted by Crippen LogP contribution is -2.44. The zero-order valence-electron chi connectivity index (χ0n) is 14.0. The number of hydrogen-bond acceptors (Lipinski definition) is 3. The molecule has 0 saturated carbocycles. The predicted molar refractivity (Wildman–Crippen MR) is 92.3 cm³/mol. The van der Waals surface area contributed by atoms with Crippen LogP contribution in [0.15, 0.2) is 24.3 Å². The fourth-order valence-electron chi connectivity index (χ4n) is 2.81. The van der Waals surface area contributed by atoms with Crippen LogP contribution in [-0.2, 0) is 4.79 Å². The summed E-state index contributed by atoms with van der Waals surface area (Å²) in [6.07, 6.45) is 7.07. The Morgan fingerprint density at radius 1 is 1.48 bits per heavy atom. The quantitative estimate of drug-likeness (QED) is 0.819. The Morgan fingerprint density at radius 3 is 2.87 bits per heavy atom. The molecular weight excluding hydrogens is 288 g/mol. The lowest BCUT2D eigenvalue weighted by atomic mass is 9.95. The number of carbonyl (C=O) groups is 1. The maximum Gasteiger partial charge on any atom is 0.223 e. The van der Waals surface area contributed by atoms with E-state index in [0.717, 1.165) is 37.2 Å². The van der Waals surface area contributed by atoms with Crippen LogP contribution in [0.2, 0.25) is 0 Å². The van der Waals surface area contributed by atoms with Crippen LogP contribution < -0.4 is 10.1 Å². The van der Waals surface area contributed by atoms with E-state index in [1.807, 2.05) is 38.1 Å². The Labute approximate surface area is 139 Å². The lowest BCUT2D eigenvalue weighted by molar-refractivity contribution is -0.127. The van der Waals surface area contributed by atoms with Gasteiger partial charge in [-0.15, -0.1) is 6.42 Å². The number of aryl methyl sites for hydroxylation is 1. The first-order valence-corrected chi connectivity index (χ1v) is 8.24. The van der Waals surface area contributed by atoms with Gasteiger partial charge in [-0.3, -0.25) is 9.69 Å². The number of terminal acetylenes is 1. The van der Waals surface area contributed by atoms with Gasteiger partial charge >= 0.3 is 0 Å². The third-order valence-electron chi connectivity index (χ3n) is 4.15. The molecule has 0 unspecified atom stereocenters. The first kappa shape index (κ1) is 17.4. The highest BCUT2D eigenvalue weighted by Gasteiger charge is 2.25. The average molecular weight is 314 g/mol. The van der Waals surface area contributed by atoms with Crippen molar-refractivity contribution in [1.82, 2.24) is 10.2 Å². The monoisotopic (exact) mass is 314 g/mol. The maximum atomic E-state index is 12.3. The highest BCUT2D eigenvalue weighted by Crippen LogP contribution is 2.17. The second-order valence-corrected chi connectivity index (χ2v) is 6.29. The minimum absolute atomic E-state index is 0.00764. The van der Waals surface area contributed by atoms with E-state index < -0.39 is 0 Å². The van der Waals surface area contributed by atoms with Crippen LogP contribution in [0.5, 0.6) is 5.75 Å². The molecule has 1 heterocycles. The van der Waals surface area contributed by atoms with Gasteiger partial charge < -0.3 is 10.1 Å². The van der Waals surface area contributed by atoms with Crippen molar-refractivity contribution in [3.8, 4) is 18.1 Å². The molecule has 1 aliphatic heterocycles. The van der Waals surface area contributed by atoms with Crippen molar-refractivity contribution in [2.75, 3.05) is 26.2 Å². The molecule has 23 heavy (non-hydrogen) atoms. The van der Waals surface area contributed by atoms with Crippen LogP contribution in [0.4, 0.5) is 0 Å². The van der Waals surface area contributed by atoms with E-state index >= 15 is 0 Å². The summed E-state index contributed by atoms with van der Waals surface area (Å²) in [5.41, 5.74) is 1.16. The summed E-state index contributed by atoms with van der Waals surface area (Å²) in [7, 11) is 0. The number of likely N-dealkylation sites (tertiary alicyclic amines) is 1. The van der Waals surface area contributed by atoms with Crippen LogP contribution in [0.3, 0.4) is 0 Å². The zero-order valence-corrected chi connectivity index (χ0v) is 14.0. The summed E-state index contributed by atoms with van der Waals surface area (Å²) in [5.74, 6) is 3.72. The molecule has 0 radical (unpaired) electrons. The van der Waals surface area contributed by atoms with Crippen molar-refractivity contribution in [2.45, 2.75) is 32.7 Å². The van der Waals surface area contributed by atoms with E-state index in [1.165, 1.54) is 0 Å². The molecule has 1 aliphatic rings. The van der Waals surface area contributed by atoms with E-state index in [-0.39, 0.29) is 17.9 Å². The van der Waals surface area contributed by atoms with E-state index in [0.29, 0.717) is 13.2 Å². The summed E-state index contributed by atoms with van der Waals surface area (Å²) in [6.45, 7) is 6.96. The fraction of sp³-hybridized carbons (Fsp3) is 0.526. The van der Waals surface area contributed by atoms with E-state index in [1.54, 1.807) is 0 Å². The van der Waals surface area contributed by atoms with Gasteiger partial charge in [0.2, 0.25) is 5.91 Å². The fourth-order valence-corrected chi connectivity index (χ4v) is 2.81. The predicted octanol–water partition coefficient (Wildman–Crippen LogP) is 2.22. The number of nitrogens with zero attached hydrogens (tertiary/aromatic N) is 1. The summed E-state index contributed by atoms with van der Waals surface area (Å²) in [4.78, 5) is 14.5. The van der Waals surface area contributed by atoms with Gasteiger partial charge in [-0.1, -0.05) is 18.1 Å². The SMILES string of the molecule is C#CCN1CCC(C(=O)N[C@H](C)COc2cccc(C)c2)CC1. The summed E-state index contributed by atoms with van der Waals surface area (Å²) >= 11 is 0. The van der Waals surface area contributed by atoms with Gasteiger partial charge in [0.05, 0.1) is 12.6 Å². The number of benzene rings is 1. The first-order chi connectivity index (χ1) is 11.1. The number of piperidine rings is 1. The second kappa shape index (κ2) is 8.59. The van der Waals surface area contributed by atoms with Gasteiger partial charge in [0, 0.05) is 5.92 Å². The number of amides is 1. The van der Waals surface area contributed by atoms with E-state index in [4.69, 9.17) is 11.2 Å². The number of nitrogens with one attached hydrogen (secondary N) is 1.